The molecule has 5 nitrogen and oxygen atoms in total. The highest BCUT2D eigenvalue weighted by Crippen LogP contribution is 2.38. The number of amides is 1. The molecule has 5 heteroatoms. The summed E-state index contributed by atoms with van der Waals surface area (Å²) in [7, 11) is 0. The molecule has 1 aliphatic heterocycles. The van der Waals surface area contributed by atoms with Crippen LogP contribution in [0.4, 0.5) is 4.79 Å². The maximum Gasteiger partial charge on any atom is 0.410 e. The van der Waals surface area contributed by atoms with Gasteiger partial charge in [0.2, 0.25) is 0 Å². The van der Waals surface area contributed by atoms with E-state index in [4.69, 9.17) is 9.47 Å². The van der Waals surface area contributed by atoms with Crippen LogP contribution in [-0.4, -0.2) is 42.3 Å². The van der Waals surface area contributed by atoms with Crippen molar-refractivity contribution in [2.24, 2.45) is 0 Å². The van der Waals surface area contributed by atoms with Crippen LogP contribution >= 0.6 is 0 Å². The first-order valence-electron chi connectivity index (χ1n) is 7.76. The van der Waals surface area contributed by atoms with E-state index in [2.05, 4.69) is 0 Å². The molecular weight excluding hydrogens is 282 g/mol. The Bertz CT molecular complexity index is 517. The molecule has 0 unspecified atom stereocenters. The van der Waals surface area contributed by atoms with E-state index in [1.807, 2.05) is 37.3 Å². The van der Waals surface area contributed by atoms with Gasteiger partial charge < -0.3 is 9.47 Å². The first-order chi connectivity index (χ1) is 10.6. The fourth-order valence-corrected chi connectivity index (χ4v) is 3.09. The summed E-state index contributed by atoms with van der Waals surface area (Å²) >= 11 is 0. The summed E-state index contributed by atoms with van der Waals surface area (Å²) in [6, 6.07) is 9.08. The molecule has 1 heterocycles. The van der Waals surface area contributed by atoms with Gasteiger partial charge in [-0.15, -0.1) is 0 Å². The lowest BCUT2D eigenvalue weighted by atomic mass is 9.91. The van der Waals surface area contributed by atoms with Crippen LogP contribution in [0, 0.1) is 0 Å². The van der Waals surface area contributed by atoms with Crippen LogP contribution < -0.4 is 0 Å². The molecule has 1 fully saturated rings. The highest BCUT2D eigenvalue weighted by atomic mass is 16.6. The number of hydrogen-bond acceptors (Lipinski definition) is 4. The molecule has 22 heavy (non-hydrogen) atoms. The molecule has 1 aliphatic rings. The van der Waals surface area contributed by atoms with E-state index in [1.54, 1.807) is 13.8 Å². The molecule has 0 spiro atoms. The molecule has 0 aromatic heterocycles. The Hall–Kier alpha value is -2.04. The van der Waals surface area contributed by atoms with Gasteiger partial charge in [0, 0.05) is 12.0 Å². The van der Waals surface area contributed by atoms with Crippen molar-refractivity contribution in [2.45, 2.75) is 45.2 Å². The summed E-state index contributed by atoms with van der Waals surface area (Å²) in [5.74, 6) is -0.437. The number of likely N-dealkylation sites (tertiary alicyclic amines) is 1. The van der Waals surface area contributed by atoms with Crippen molar-refractivity contribution in [1.82, 2.24) is 4.90 Å². The van der Waals surface area contributed by atoms with Crippen LogP contribution in [0.1, 0.15) is 38.7 Å². The van der Waals surface area contributed by atoms with Crippen molar-refractivity contribution in [3.63, 3.8) is 0 Å². The molecule has 120 valence electrons. The quantitative estimate of drug-likeness (QED) is 0.803. The van der Waals surface area contributed by atoms with Crippen molar-refractivity contribution in [3.8, 4) is 0 Å². The van der Waals surface area contributed by atoms with Gasteiger partial charge in [-0.2, -0.15) is 0 Å². The predicted molar refractivity (Wildman–Crippen MR) is 82.5 cm³/mol. The van der Waals surface area contributed by atoms with E-state index in [0.717, 1.165) is 5.56 Å². The zero-order valence-electron chi connectivity index (χ0n) is 13.3. The van der Waals surface area contributed by atoms with Gasteiger partial charge in [-0.25, -0.2) is 9.59 Å². The summed E-state index contributed by atoms with van der Waals surface area (Å²) in [5.41, 5.74) is 1.04. The van der Waals surface area contributed by atoms with E-state index in [-0.39, 0.29) is 24.5 Å². The lowest BCUT2D eigenvalue weighted by molar-refractivity contribution is -0.148. The number of ether oxygens (including phenoxy) is 2. The highest BCUT2D eigenvalue weighted by Gasteiger charge is 2.48. The van der Waals surface area contributed by atoms with E-state index >= 15 is 0 Å². The Kier molecular flexibility index (Phi) is 5.41. The third kappa shape index (κ3) is 3.24. The average molecular weight is 305 g/mol. The Morgan fingerprint density at radius 1 is 1.14 bits per heavy atom. The zero-order chi connectivity index (χ0) is 16.1. The van der Waals surface area contributed by atoms with Crippen LogP contribution in [0.5, 0.6) is 0 Å². The normalized spacial score (nSPS) is 24.1. The van der Waals surface area contributed by atoms with Crippen LogP contribution in [0.2, 0.25) is 0 Å². The fourth-order valence-electron chi connectivity index (χ4n) is 3.09. The third-order valence-electron chi connectivity index (χ3n) is 3.99. The fraction of sp³-hybridized carbons (Fsp3) is 0.529. The maximum absolute atomic E-state index is 12.4. The first-order valence-corrected chi connectivity index (χ1v) is 7.76. The minimum Gasteiger partial charge on any atom is -0.464 e. The van der Waals surface area contributed by atoms with Gasteiger partial charge in [0.05, 0.1) is 13.2 Å². The molecule has 0 bridgehead atoms. The zero-order valence-corrected chi connectivity index (χ0v) is 13.3. The van der Waals surface area contributed by atoms with Gasteiger partial charge in [-0.3, -0.25) is 4.90 Å². The summed E-state index contributed by atoms with van der Waals surface area (Å²) in [4.78, 5) is 26.2. The Balaban J connectivity index is 2.33. The molecule has 3 atom stereocenters. The summed E-state index contributed by atoms with van der Waals surface area (Å²) in [5, 5.41) is 0. The van der Waals surface area contributed by atoms with Crippen molar-refractivity contribution in [2.75, 3.05) is 13.2 Å². The van der Waals surface area contributed by atoms with Crippen LogP contribution in [-0.2, 0) is 14.3 Å². The molecule has 0 radical (unpaired) electrons. The topological polar surface area (TPSA) is 55.8 Å². The van der Waals surface area contributed by atoms with Gasteiger partial charge >= 0.3 is 12.1 Å². The third-order valence-corrected chi connectivity index (χ3v) is 3.99. The second kappa shape index (κ2) is 7.29. The smallest absolute Gasteiger partial charge is 0.410 e. The monoisotopic (exact) mass is 305 g/mol. The number of esters is 1. The van der Waals surface area contributed by atoms with E-state index < -0.39 is 12.1 Å². The van der Waals surface area contributed by atoms with Crippen molar-refractivity contribution >= 4 is 12.1 Å². The number of hydrogen-bond donors (Lipinski definition) is 0. The average Bonchev–Trinajstić information content (AvgIpc) is 2.86. The van der Waals surface area contributed by atoms with Crippen LogP contribution in [0.15, 0.2) is 30.3 Å². The number of carbonyl (C=O) groups is 2. The van der Waals surface area contributed by atoms with Gasteiger partial charge in [-0.05, 0) is 32.8 Å². The largest absolute Gasteiger partial charge is 0.464 e. The molecule has 0 N–H and O–H groups in total. The molecule has 1 aromatic carbocycles. The molecule has 0 aliphatic carbocycles. The molecule has 1 aromatic rings. The number of carbonyl (C=O) groups excluding carboxylic acids is 2. The van der Waals surface area contributed by atoms with E-state index in [0.29, 0.717) is 13.0 Å². The Morgan fingerprint density at radius 3 is 2.36 bits per heavy atom. The van der Waals surface area contributed by atoms with Gasteiger partial charge in [-0.1, -0.05) is 30.3 Å². The molecule has 2 rings (SSSR count). The predicted octanol–water partition coefficient (Wildman–Crippen LogP) is 2.95. The minimum absolute atomic E-state index is 0.0698. The highest BCUT2D eigenvalue weighted by molar-refractivity contribution is 5.83. The summed E-state index contributed by atoms with van der Waals surface area (Å²) in [6.45, 7) is 6.04. The van der Waals surface area contributed by atoms with E-state index in [9.17, 15) is 9.59 Å². The standard InChI is InChI=1S/C17H23NO4/c1-4-21-16(19)15-14(13-9-7-6-8-10-13)11-12(3)18(15)17(20)22-5-2/h6-10,12,14-15H,4-5,11H2,1-3H3/t12-,14-,15+/m0/s1. The summed E-state index contributed by atoms with van der Waals surface area (Å²) < 4.78 is 10.3. The number of nitrogens with zero attached hydrogens (tertiary/aromatic N) is 1. The lowest BCUT2D eigenvalue weighted by Gasteiger charge is -2.28. The molecule has 1 amide bonds. The Labute approximate surface area is 131 Å². The van der Waals surface area contributed by atoms with Crippen LogP contribution in [0.3, 0.4) is 0 Å². The Morgan fingerprint density at radius 2 is 1.77 bits per heavy atom. The van der Waals surface area contributed by atoms with Crippen molar-refractivity contribution in [1.29, 1.82) is 0 Å². The second-order valence-corrected chi connectivity index (χ2v) is 5.40. The summed E-state index contributed by atoms with van der Waals surface area (Å²) in [6.07, 6.45) is 0.262. The number of benzene rings is 1. The van der Waals surface area contributed by atoms with Crippen molar-refractivity contribution in [3.05, 3.63) is 35.9 Å². The maximum atomic E-state index is 12.4. The second-order valence-electron chi connectivity index (χ2n) is 5.40. The lowest BCUT2D eigenvalue weighted by Crippen LogP contribution is -2.46. The van der Waals surface area contributed by atoms with Crippen LogP contribution in [0.25, 0.3) is 0 Å². The van der Waals surface area contributed by atoms with Gasteiger partial charge in [0.1, 0.15) is 6.04 Å². The SMILES string of the molecule is CCOC(=O)[C@H]1[C@H](c2ccccc2)C[C@H](C)N1C(=O)OCC. The van der Waals surface area contributed by atoms with Gasteiger partial charge in [0.25, 0.3) is 0 Å². The van der Waals surface area contributed by atoms with E-state index in [1.165, 1.54) is 4.90 Å². The molecule has 0 saturated carbocycles. The molecule has 1 saturated heterocycles. The number of rotatable bonds is 4. The molecular formula is C17H23NO4. The van der Waals surface area contributed by atoms with Crippen molar-refractivity contribution < 1.29 is 19.1 Å². The first kappa shape index (κ1) is 16.3. The van der Waals surface area contributed by atoms with Gasteiger partial charge in [0.15, 0.2) is 0 Å². The minimum atomic E-state index is -0.628.